The number of carbonyl (C=O) groups excluding carboxylic acids is 2. The predicted octanol–water partition coefficient (Wildman–Crippen LogP) is 3.29. The topological polar surface area (TPSA) is 55.4 Å². The average molecular weight is 315 g/mol. The second-order valence-electron chi connectivity index (χ2n) is 6.81. The lowest BCUT2D eigenvalue weighted by Gasteiger charge is -2.35. The molecular weight excluding hydrogens is 286 g/mol. The summed E-state index contributed by atoms with van der Waals surface area (Å²) >= 11 is 1.86. The van der Waals surface area contributed by atoms with Crippen LogP contribution in [0.15, 0.2) is 0 Å². The molecular formula is C16H29NO3S. The second kappa shape index (κ2) is 8.06. The highest BCUT2D eigenvalue weighted by molar-refractivity contribution is 8.00. The molecule has 0 aliphatic heterocycles. The third kappa shape index (κ3) is 7.21. The van der Waals surface area contributed by atoms with Crippen LogP contribution in [0.2, 0.25) is 0 Å². The van der Waals surface area contributed by atoms with Gasteiger partial charge in [0.1, 0.15) is 5.60 Å². The molecule has 1 amide bonds. The number of ether oxygens (including phenoxy) is 1. The number of hydrogen-bond donors (Lipinski definition) is 1. The van der Waals surface area contributed by atoms with Crippen molar-refractivity contribution in [2.45, 2.75) is 76.1 Å². The first-order valence-electron chi connectivity index (χ1n) is 7.80. The third-order valence-electron chi connectivity index (χ3n) is 3.78. The normalized spacial score (nSPS) is 18.1. The van der Waals surface area contributed by atoms with Crippen molar-refractivity contribution in [2.24, 2.45) is 0 Å². The zero-order valence-electron chi connectivity index (χ0n) is 13.8. The highest BCUT2D eigenvalue weighted by Crippen LogP contribution is 2.37. The largest absolute Gasteiger partial charge is 0.460 e. The van der Waals surface area contributed by atoms with Crippen LogP contribution in [-0.4, -0.2) is 35.0 Å². The van der Waals surface area contributed by atoms with Crippen LogP contribution in [0, 0.1) is 0 Å². The summed E-state index contributed by atoms with van der Waals surface area (Å²) in [6, 6.07) is 0. The van der Waals surface area contributed by atoms with Gasteiger partial charge in [0, 0.05) is 17.7 Å². The van der Waals surface area contributed by atoms with Crippen molar-refractivity contribution >= 4 is 23.6 Å². The van der Waals surface area contributed by atoms with Gasteiger partial charge in [-0.15, -0.1) is 0 Å². The van der Waals surface area contributed by atoms with E-state index in [1.165, 1.54) is 32.1 Å². The molecule has 1 N–H and O–H groups in total. The van der Waals surface area contributed by atoms with E-state index in [2.05, 4.69) is 11.6 Å². The van der Waals surface area contributed by atoms with E-state index >= 15 is 0 Å². The van der Waals surface area contributed by atoms with Gasteiger partial charge in [0.15, 0.2) is 0 Å². The molecule has 122 valence electrons. The summed E-state index contributed by atoms with van der Waals surface area (Å²) in [6.07, 6.45) is 8.60. The van der Waals surface area contributed by atoms with Gasteiger partial charge in [-0.05, 0) is 39.9 Å². The molecule has 0 unspecified atom stereocenters. The minimum atomic E-state index is -0.488. The van der Waals surface area contributed by atoms with Crippen molar-refractivity contribution in [2.75, 3.05) is 12.8 Å². The summed E-state index contributed by atoms with van der Waals surface area (Å²) in [6.45, 7) is 6.20. The van der Waals surface area contributed by atoms with E-state index in [9.17, 15) is 9.59 Å². The lowest BCUT2D eigenvalue weighted by atomic mass is 9.88. The number of amides is 1. The minimum absolute atomic E-state index is 0.0557. The Hall–Kier alpha value is -0.710. The molecule has 0 atom stereocenters. The monoisotopic (exact) mass is 315 g/mol. The van der Waals surface area contributed by atoms with E-state index in [1.807, 2.05) is 32.5 Å². The number of carbonyl (C=O) groups is 2. The minimum Gasteiger partial charge on any atom is -0.460 e. The van der Waals surface area contributed by atoms with Crippen LogP contribution in [0.3, 0.4) is 0 Å². The molecule has 1 aliphatic carbocycles. The molecule has 0 aromatic carbocycles. The molecule has 5 heteroatoms. The fraction of sp³-hybridized carbons (Fsp3) is 0.875. The fourth-order valence-corrected chi connectivity index (χ4v) is 3.52. The first kappa shape index (κ1) is 18.3. The van der Waals surface area contributed by atoms with Gasteiger partial charge < -0.3 is 10.1 Å². The van der Waals surface area contributed by atoms with Crippen LogP contribution < -0.4 is 5.32 Å². The van der Waals surface area contributed by atoms with Gasteiger partial charge in [0.2, 0.25) is 5.91 Å². The average Bonchev–Trinajstić information content (AvgIpc) is 2.42. The van der Waals surface area contributed by atoms with Gasteiger partial charge in [-0.1, -0.05) is 19.3 Å². The molecule has 0 heterocycles. The maximum Gasteiger partial charge on any atom is 0.306 e. The zero-order chi connectivity index (χ0) is 15.9. The number of nitrogens with one attached hydrogen (secondary N) is 1. The van der Waals surface area contributed by atoms with Crippen LogP contribution >= 0.6 is 11.8 Å². The Labute approximate surface area is 132 Å². The van der Waals surface area contributed by atoms with Crippen molar-refractivity contribution in [3.63, 3.8) is 0 Å². The molecule has 0 radical (unpaired) electrons. The Morgan fingerprint density at radius 1 is 1.14 bits per heavy atom. The molecule has 1 saturated carbocycles. The molecule has 1 aliphatic rings. The van der Waals surface area contributed by atoms with Crippen molar-refractivity contribution in [3.8, 4) is 0 Å². The summed E-state index contributed by atoms with van der Waals surface area (Å²) in [5, 5.41) is 2.99. The Kier molecular flexibility index (Phi) is 7.04. The molecule has 0 aromatic heterocycles. The van der Waals surface area contributed by atoms with Gasteiger partial charge >= 0.3 is 5.97 Å². The number of rotatable bonds is 6. The maximum atomic E-state index is 11.9. The summed E-state index contributed by atoms with van der Waals surface area (Å²) < 4.78 is 5.39. The Bertz CT molecular complexity index is 357. The van der Waals surface area contributed by atoms with E-state index in [0.717, 1.165) is 0 Å². The molecule has 0 saturated heterocycles. The molecule has 0 aromatic rings. The molecule has 0 bridgehead atoms. The Morgan fingerprint density at radius 3 is 2.29 bits per heavy atom. The number of esters is 1. The highest BCUT2D eigenvalue weighted by atomic mass is 32.2. The van der Waals surface area contributed by atoms with Crippen molar-refractivity contribution in [1.82, 2.24) is 5.32 Å². The van der Waals surface area contributed by atoms with E-state index in [4.69, 9.17) is 4.74 Å². The Balaban J connectivity index is 2.29. The smallest absolute Gasteiger partial charge is 0.306 e. The van der Waals surface area contributed by atoms with E-state index in [0.29, 0.717) is 6.54 Å². The first-order valence-corrected chi connectivity index (χ1v) is 9.02. The SMILES string of the molecule is CSC1(CNC(=O)CCC(=O)OC(C)(C)C)CCCCC1. The zero-order valence-corrected chi connectivity index (χ0v) is 14.6. The van der Waals surface area contributed by atoms with Crippen LogP contribution in [0.25, 0.3) is 0 Å². The van der Waals surface area contributed by atoms with Crippen LogP contribution in [0.5, 0.6) is 0 Å². The van der Waals surface area contributed by atoms with Crippen molar-refractivity contribution < 1.29 is 14.3 Å². The molecule has 1 rings (SSSR count). The third-order valence-corrected chi connectivity index (χ3v) is 5.20. The lowest BCUT2D eigenvalue weighted by molar-refractivity contribution is -0.155. The Morgan fingerprint density at radius 2 is 1.76 bits per heavy atom. The highest BCUT2D eigenvalue weighted by Gasteiger charge is 2.31. The molecule has 21 heavy (non-hydrogen) atoms. The van der Waals surface area contributed by atoms with Gasteiger partial charge in [0.25, 0.3) is 0 Å². The standard InChI is InChI=1S/C16H29NO3S/c1-15(2,3)20-14(19)9-8-13(18)17-12-16(21-4)10-6-5-7-11-16/h5-12H2,1-4H3,(H,17,18). The maximum absolute atomic E-state index is 11.9. The van der Waals surface area contributed by atoms with E-state index < -0.39 is 5.60 Å². The molecule has 1 fully saturated rings. The summed E-state index contributed by atoms with van der Waals surface area (Å²) in [7, 11) is 0. The van der Waals surface area contributed by atoms with Gasteiger partial charge in [0.05, 0.1) is 6.42 Å². The summed E-state index contributed by atoms with van der Waals surface area (Å²) in [5.41, 5.74) is -0.488. The number of thioether (sulfide) groups is 1. The van der Waals surface area contributed by atoms with Gasteiger partial charge in [-0.25, -0.2) is 0 Å². The van der Waals surface area contributed by atoms with E-state index in [1.54, 1.807) is 0 Å². The first-order chi connectivity index (χ1) is 9.76. The summed E-state index contributed by atoms with van der Waals surface area (Å²) in [5.74, 6) is -0.366. The molecule has 0 spiro atoms. The van der Waals surface area contributed by atoms with Crippen LogP contribution in [-0.2, 0) is 14.3 Å². The van der Waals surface area contributed by atoms with Crippen LogP contribution in [0.4, 0.5) is 0 Å². The quantitative estimate of drug-likeness (QED) is 0.764. The molecule has 4 nitrogen and oxygen atoms in total. The summed E-state index contributed by atoms with van der Waals surface area (Å²) in [4.78, 5) is 23.5. The fourth-order valence-electron chi connectivity index (χ4n) is 2.61. The number of hydrogen-bond acceptors (Lipinski definition) is 4. The van der Waals surface area contributed by atoms with Crippen LogP contribution in [0.1, 0.15) is 65.7 Å². The predicted molar refractivity (Wildman–Crippen MR) is 87.4 cm³/mol. The van der Waals surface area contributed by atoms with Gasteiger partial charge in [-0.3, -0.25) is 9.59 Å². The van der Waals surface area contributed by atoms with Gasteiger partial charge in [-0.2, -0.15) is 11.8 Å². The lowest BCUT2D eigenvalue weighted by Crippen LogP contribution is -2.41. The van der Waals surface area contributed by atoms with E-state index in [-0.39, 0.29) is 29.5 Å². The second-order valence-corrected chi connectivity index (χ2v) is 8.09. The van der Waals surface area contributed by atoms with Crippen molar-refractivity contribution in [3.05, 3.63) is 0 Å². The van der Waals surface area contributed by atoms with Crippen molar-refractivity contribution in [1.29, 1.82) is 0 Å².